The molecule has 2 unspecified atom stereocenters. The molecule has 1 aromatic carbocycles. The molecule has 1 aliphatic heterocycles. The molecule has 1 heterocycles. The van der Waals surface area contributed by atoms with Crippen molar-refractivity contribution in [2.75, 3.05) is 32.8 Å². The first-order valence-corrected chi connectivity index (χ1v) is 7.02. The molecule has 106 valence electrons. The number of benzene rings is 1. The van der Waals surface area contributed by atoms with E-state index >= 15 is 0 Å². The molecule has 0 amide bonds. The molecular formula is C15H23FN2O. The van der Waals surface area contributed by atoms with Gasteiger partial charge in [0.05, 0.1) is 12.7 Å². The molecule has 1 N–H and O–H groups in total. The number of likely N-dealkylation sites (N-methyl/N-ethyl adjacent to an activating group) is 1. The van der Waals surface area contributed by atoms with Gasteiger partial charge in [0.15, 0.2) is 0 Å². The van der Waals surface area contributed by atoms with E-state index in [1.807, 2.05) is 6.07 Å². The van der Waals surface area contributed by atoms with E-state index in [0.29, 0.717) is 0 Å². The van der Waals surface area contributed by atoms with Crippen molar-refractivity contribution in [3.8, 4) is 0 Å². The molecule has 0 saturated carbocycles. The predicted molar refractivity (Wildman–Crippen MR) is 74.7 cm³/mol. The summed E-state index contributed by atoms with van der Waals surface area (Å²) in [5.74, 6) is -0.183. The molecule has 2 atom stereocenters. The largest absolute Gasteiger partial charge is 0.374 e. The standard InChI is InChI=1S/C15H23FN2O/c1-3-18-7-8-19-15(11-18)10-17-12(2)13-5-4-6-14(16)9-13/h4-6,9,12,15,17H,3,7-8,10-11H2,1-2H3. The number of rotatable bonds is 5. The molecule has 1 aliphatic rings. The Morgan fingerprint density at radius 2 is 2.37 bits per heavy atom. The molecule has 0 aromatic heterocycles. The Morgan fingerprint density at radius 3 is 3.11 bits per heavy atom. The number of morpholine rings is 1. The molecule has 1 aromatic rings. The third kappa shape index (κ3) is 4.27. The molecule has 3 nitrogen and oxygen atoms in total. The predicted octanol–water partition coefficient (Wildman–Crippen LogP) is 2.20. The fourth-order valence-electron chi connectivity index (χ4n) is 2.39. The van der Waals surface area contributed by atoms with E-state index in [1.54, 1.807) is 12.1 Å². The lowest BCUT2D eigenvalue weighted by Gasteiger charge is -2.32. The van der Waals surface area contributed by atoms with Crippen LogP contribution in [0.2, 0.25) is 0 Å². The first-order valence-electron chi connectivity index (χ1n) is 7.02. The highest BCUT2D eigenvalue weighted by atomic mass is 19.1. The van der Waals surface area contributed by atoms with E-state index in [4.69, 9.17) is 4.74 Å². The summed E-state index contributed by atoms with van der Waals surface area (Å²) >= 11 is 0. The van der Waals surface area contributed by atoms with E-state index in [2.05, 4.69) is 24.1 Å². The van der Waals surface area contributed by atoms with Crippen molar-refractivity contribution < 1.29 is 9.13 Å². The van der Waals surface area contributed by atoms with Gasteiger partial charge in [-0.15, -0.1) is 0 Å². The number of nitrogens with one attached hydrogen (secondary N) is 1. The fourth-order valence-corrected chi connectivity index (χ4v) is 2.39. The first kappa shape index (κ1) is 14.4. The van der Waals surface area contributed by atoms with Crippen molar-refractivity contribution in [2.24, 2.45) is 0 Å². The van der Waals surface area contributed by atoms with Crippen LogP contribution < -0.4 is 5.32 Å². The molecular weight excluding hydrogens is 243 g/mol. The van der Waals surface area contributed by atoms with Crippen molar-refractivity contribution >= 4 is 0 Å². The smallest absolute Gasteiger partial charge is 0.123 e. The first-order chi connectivity index (χ1) is 9.19. The zero-order chi connectivity index (χ0) is 13.7. The second-order valence-corrected chi connectivity index (χ2v) is 5.07. The van der Waals surface area contributed by atoms with Crippen LogP contribution in [0.3, 0.4) is 0 Å². The van der Waals surface area contributed by atoms with Crippen LogP contribution in [0, 0.1) is 5.82 Å². The van der Waals surface area contributed by atoms with Crippen LogP contribution in [0.25, 0.3) is 0 Å². The summed E-state index contributed by atoms with van der Waals surface area (Å²) in [6, 6.07) is 6.88. The Balaban J connectivity index is 1.81. The maximum Gasteiger partial charge on any atom is 0.123 e. The molecule has 4 heteroatoms. The summed E-state index contributed by atoms with van der Waals surface area (Å²) in [6.07, 6.45) is 0.227. The van der Waals surface area contributed by atoms with Crippen LogP contribution in [-0.4, -0.2) is 43.8 Å². The molecule has 0 aliphatic carbocycles. The SMILES string of the molecule is CCN1CCOC(CNC(C)c2cccc(F)c2)C1. The van der Waals surface area contributed by atoms with E-state index in [0.717, 1.165) is 38.3 Å². The Morgan fingerprint density at radius 1 is 1.53 bits per heavy atom. The number of hydrogen-bond acceptors (Lipinski definition) is 3. The average Bonchev–Trinajstić information content (AvgIpc) is 2.45. The minimum Gasteiger partial charge on any atom is -0.374 e. The second-order valence-electron chi connectivity index (χ2n) is 5.07. The van der Waals surface area contributed by atoms with Crippen molar-refractivity contribution in [3.63, 3.8) is 0 Å². The van der Waals surface area contributed by atoms with E-state index in [9.17, 15) is 4.39 Å². The van der Waals surface area contributed by atoms with Gasteiger partial charge in [0.2, 0.25) is 0 Å². The second kappa shape index (κ2) is 6.98. The van der Waals surface area contributed by atoms with Gasteiger partial charge < -0.3 is 10.1 Å². The summed E-state index contributed by atoms with van der Waals surface area (Å²) < 4.78 is 18.9. The fraction of sp³-hybridized carbons (Fsp3) is 0.600. The van der Waals surface area contributed by atoms with Gasteiger partial charge in [0, 0.05) is 25.7 Å². The number of ether oxygens (including phenoxy) is 1. The lowest BCUT2D eigenvalue weighted by Crippen LogP contribution is -2.46. The van der Waals surface area contributed by atoms with Gasteiger partial charge in [-0.3, -0.25) is 4.90 Å². The third-order valence-electron chi connectivity index (χ3n) is 3.67. The summed E-state index contributed by atoms with van der Waals surface area (Å²) in [5, 5.41) is 3.42. The average molecular weight is 266 g/mol. The van der Waals surface area contributed by atoms with Crippen LogP contribution in [-0.2, 0) is 4.74 Å². The maximum atomic E-state index is 13.2. The van der Waals surface area contributed by atoms with Crippen molar-refractivity contribution in [1.29, 1.82) is 0 Å². The number of halogens is 1. The molecule has 0 radical (unpaired) electrons. The van der Waals surface area contributed by atoms with Gasteiger partial charge >= 0.3 is 0 Å². The van der Waals surface area contributed by atoms with Gasteiger partial charge in [-0.25, -0.2) is 4.39 Å². The normalized spacial score (nSPS) is 22.4. The zero-order valence-electron chi connectivity index (χ0n) is 11.7. The van der Waals surface area contributed by atoms with E-state index in [1.165, 1.54) is 6.07 Å². The van der Waals surface area contributed by atoms with Crippen LogP contribution >= 0.6 is 0 Å². The molecule has 2 rings (SSSR count). The van der Waals surface area contributed by atoms with Crippen molar-refractivity contribution in [3.05, 3.63) is 35.6 Å². The summed E-state index contributed by atoms with van der Waals surface area (Å²) in [5.41, 5.74) is 0.975. The molecule has 1 fully saturated rings. The minimum absolute atomic E-state index is 0.135. The number of hydrogen-bond donors (Lipinski definition) is 1. The van der Waals surface area contributed by atoms with Crippen molar-refractivity contribution in [1.82, 2.24) is 10.2 Å². The van der Waals surface area contributed by atoms with Gasteiger partial charge in [0.25, 0.3) is 0 Å². The van der Waals surface area contributed by atoms with Gasteiger partial charge in [-0.05, 0) is 31.2 Å². The van der Waals surface area contributed by atoms with Crippen LogP contribution in [0.15, 0.2) is 24.3 Å². The Hall–Kier alpha value is -0.970. The quantitative estimate of drug-likeness (QED) is 0.884. The van der Waals surface area contributed by atoms with Crippen LogP contribution in [0.5, 0.6) is 0 Å². The van der Waals surface area contributed by atoms with Crippen molar-refractivity contribution in [2.45, 2.75) is 26.0 Å². The van der Waals surface area contributed by atoms with Crippen LogP contribution in [0.1, 0.15) is 25.5 Å². The zero-order valence-corrected chi connectivity index (χ0v) is 11.7. The number of nitrogens with zero attached hydrogens (tertiary/aromatic N) is 1. The van der Waals surface area contributed by atoms with E-state index < -0.39 is 0 Å². The summed E-state index contributed by atoms with van der Waals surface area (Å²) in [4.78, 5) is 2.39. The molecule has 0 spiro atoms. The minimum atomic E-state index is -0.183. The monoisotopic (exact) mass is 266 g/mol. The van der Waals surface area contributed by atoms with Gasteiger partial charge in [0.1, 0.15) is 5.82 Å². The highest BCUT2D eigenvalue weighted by Gasteiger charge is 2.19. The topological polar surface area (TPSA) is 24.5 Å². The van der Waals surface area contributed by atoms with Crippen LogP contribution in [0.4, 0.5) is 4.39 Å². The lowest BCUT2D eigenvalue weighted by atomic mass is 10.1. The van der Waals surface area contributed by atoms with Gasteiger partial charge in [-0.1, -0.05) is 19.1 Å². The molecule has 0 bridgehead atoms. The lowest BCUT2D eigenvalue weighted by molar-refractivity contribution is -0.0262. The Labute approximate surface area is 114 Å². The Kier molecular flexibility index (Phi) is 5.31. The highest BCUT2D eigenvalue weighted by molar-refractivity contribution is 5.19. The summed E-state index contributed by atoms with van der Waals surface area (Å²) in [7, 11) is 0. The molecule has 1 saturated heterocycles. The van der Waals surface area contributed by atoms with E-state index in [-0.39, 0.29) is 18.0 Å². The summed E-state index contributed by atoms with van der Waals surface area (Å²) in [6.45, 7) is 8.88. The molecule has 19 heavy (non-hydrogen) atoms. The third-order valence-corrected chi connectivity index (χ3v) is 3.67. The highest BCUT2D eigenvalue weighted by Crippen LogP contribution is 2.14. The Bertz CT molecular complexity index is 399. The van der Waals surface area contributed by atoms with Gasteiger partial charge in [-0.2, -0.15) is 0 Å². The maximum absolute atomic E-state index is 13.2.